The molecule has 1 aliphatic rings. The topological polar surface area (TPSA) is 72.8 Å². The molecule has 5 unspecified atom stereocenters. The van der Waals surface area contributed by atoms with Crippen molar-refractivity contribution in [1.82, 2.24) is 0 Å². The smallest absolute Gasteiger partial charge is 0.309 e. The molecule has 0 amide bonds. The third-order valence-electron chi connectivity index (χ3n) is 11.5. The van der Waals surface area contributed by atoms with E-state index in [2.05, 4.69) is 64.2 Å². The Morgan fingerprint density at radius 3 is 1.78 bits per heavy atom. The van der Waals surface area contributed by atoms with Gasteiger partial charge in [-0.2, -0.15) is 0 Å². The molecule has 0 aromatic carbocycles. The monoisotopic (exact) mass is 757 g/mol. The maximum atomic E-state index is 13.7. The van der Waals surface area contributed by atoms with Crippen LogP contribution in [0.3, 0.4) is 0 Å². The van der Waals surface area contributed by atoms with Crippen LogP contribution in [0.15, 0.2) is 36.5 Å². The Balaban J connectivity index is 2.62. The number of carbonyl (C=O) groups is 2. The summed E-state index contributed by atoms with van der Waals surface area (Å²) in [7, 11) is 0. The molecule has 54 heavy (non-hydrogen) atoms. The Kier molecular flexibility index (Phi) is 34.1. The highest BCUT2D eigenvalue weighted by Crippen LogP contribution is 2.37. The van der Waals surface area contributed by atoms with Gasteiger partial charge in [-0.15, -0.1) is 0 Å². The predicted molar refractivity (Wildman–Crippen MR) is 231 cm³/mol. The molecule has 1 saturated carbocycles. The van der Waals surface area contributed by atoms with Crippen molar-refractivity contribution in [1.29, 1.82) is 0 Å². The van der Waals surface area contributed by atoms with Gasteiger partial charge < -0.3 is 14.6 Å². The van der Waals surface area contributed by atoms with Crippen molar-refractivity contribution in [3.8, 4) is 0 Å². The normalized spacial score (nSPS) is 18.6. The van der Waals surface area contributed by atoms with Crippen molar-refractivity contribution < 1.29 is 24.2 Å². The van der Waals surface area contributed by atoms with Crippen LogP contribution in [0.25, 0.3) is 0 Å². The first-order chi connectivity index (χ1) is 26.5. The molecule has 1 aliphatic carbocycles. The van der Waals surface area contributed by atoms with Gasteiger partial charge in [0, 0.05) is 12.8 Å². The van der Waals surface area contributed by atoms with Gasteiger partial charge in [-0.25, -0.2) is 0 Å². The summed E-state index contributed by atoms with van der Waals surface area (Å²) in [4.78, 5) is 26.6. The van der Waals surface area contributed by atoms with Gasteiger partial charge in [0.05, 0.1) is 18.6 Å². The number of hydrogen-bond acceptors (Lipinski definition) is 5. The Morgan fingerprint density at radius 2 is 1.15 bits per heavy atom. The zero-order chi connectivity index (χ0) is 39.3. The molecule has 0 heterocycles. The number of aliphatic hydroxyl groups excluding tert-OH is 1. The van der Waals surface area contributed by atoms with E-state index in [0.717, 1.165) is 83.5 Å². The maximum Gasteiger partial charge on any atom is 0.309 e. The first-order valence-electron chi connectivity index (χ1n) is 23.5. The molecule has 1 fully saturated rings. The summed E-state index contributed by atoms with van der Waals surface area (Å²) in [6.45, 7) is 9.13. The standard InChI is InChI=1S/C49H88O5/c1-5-9-13-16-18-19-20-21-22-23-24-25-26-27-29-33-36-45(40-41-53-48(51)42-44-38-39-47(50)46(44)37-30-12-8-4)54-49(52)43(34-31-15-11-7-3)35-32-28-17-14-10-6-2/h12,18-19,21-22,30,43-47,50H,5-11,13-17,20,23-29,31-42H2,1-4H3/b19-18-,22-21-,30-12-. The molecule has 0 aromatic heterocycles. The average molecular weight is 757 g/mol. The number of rotatable bonds is 37. The van der Waals surface area contributed by atoms with Crippen LogP contribution in [0.2, 0.25) is 0 Å². The van der Waals surface area contributed by atoms with Crippen molar-refractivity contribution in [2.45, 2.75) is 239 Å². The second kappa shape index (κ2) is 36.7. The van der Waals surface area contributed by atoms with E-state index in [1.54, 1.807) is 0 Å². The molecule has 5 nitrogen and oxygen atoms in total. The Bertz CT molecular complexity index is 954. The zero-order valence-electron chi connectivity index (χ0n) is 36.1. The fourth-order valence-corrected chi connectivity index (χ4v) is 7.98. The number of aliphatic hydroxyl groups is 1. The summed E-state index contributed by atoms with van der Waals surface area (Å²) >= 11 is 0. The van der Waals surface area contributed by atoms with Crippen LogP contribution in [-0.4, -0.2) is 35.9 Å². The highest BCUT2D eigenvalue weighted by molar-refractivity contribution is 5.72. The number of ether oxygens (including phenoxy) is 2. The summed E-state index contributed by atoms with van der Waals surface area (Å²) in [6, 6.07) is 0. The lowest BCUT2D eigenvalue weighted by atomic mass is 9.89. The van der Waals surface area contributed by atoms with Gasteiger partial charge in [-0.1, -0.05) is 167 Å². The third-order valence-corrected chi connectivity index (χ3v) is 11.5. The van der Waals surface area contributed by atoms with Gasteiger partial charge >= 0.3 is 11.9 Å². The quantitative estimate of drug-likeness (QED) is 0.0388. The number of esters is 2. The van der Waals surface area contributed by atoms with E-state index in [9.17, 15) is 14.7 Å². The molecule has 0 aliphatic heterocycles. The molecule has 314 valence electrons. The highest BCUT2D eigenvalue weighted by atomic mass is 16.6. The number of allylic oxidation sites excluding steroid dienone is 6. The second-order valence-corrected chi connectivity index (χ2v) is 16.4. The number of carbonyl (C=O) groups excluding carboxylic acids is 2. The third kappa shape index (κ3) is 27.7. The summed E-state index contributed by atoms with van der Waals surface area (Å²) in [5, 5.41) is 10.5. The van der Waals surface area contributed by atoms with Crippen molar-refractivity contribution in [2.24, 2.45) is 17.8 Å². The molecule has 0 spiro atoms. The van der Waals surface area contributed by atoms with Gasteiger partial charge in [-0.05, 0) is 95.3 Å². The number of hydrogen-bond donors (Lipinski definition) is 1. The lowest BCUT2D eigenvalue weighted by Crippen LogP contribution is -2.26. The Labute approximate surface area is 335 Å². The van der Waals surface area contributed by atoms with Gasteiger partial charge in [0.25, 0.3) is 0 Å². The fourth-order valence-electron chi connectivity index (χ4n) is 7.98. The van der Waals surface area contributed by atoms with Crippen LogP contribution >= 0.6 is 0 Å². The molecule has 5 atom stereocenters. The Hall–Kier alpha value is -1.88. The summed E-state index contributed by atoms with van der Waals surface area (Å²) in [5.74, 6) is 0.0464. The van der Waals surface area contributed by atoms with E-state index >= 15 is 0 Å². The van der Waals surface area contributed by atoms with Crippen LogP contribution in [0.4, 0.5) is 0 Å². The van der Waals surface area contributed by atoms with Crippen molar-refractivity contribution >= 4 is 11.9 Å². The molecular formula is C49H88O5. The lowest BCUT2D eigenvalue weighted by molar-refractivity contribution is -0.157. The van der Waals surface area contributed by atoms with E-state index < -0.39 is 0 Å². The van der Waals surface area contributed by atoms with Gasteiger partial charge in [0.15, 0.2) is 0 Å². The van der Waals surface area contributed by atoms with Crippen LogP contribution in [0, 0.1) is 17.8 Å². The molecule has 0 radical (unpaired) electrons. The molecule has 5 heteroatoms. The summed E-state index contributed by atoms with van der Waals surface area (Å²) in [5.41, 5.74) is 0. The molecule has 0 saturated heterocycles. The second-order valence-electron chi connectivity index (χ2n) is 16.4. The van der Waals surface area contributed by atoms with Crippen molar-refractivity contribution in [2.75, 3.05) is 6.61 Å². The molecule has 1 N–H and O–H groups in total. The summed E-state index contributed by atoms with van der Waals surface area (Å²) in [6.07, 6.45) is 46.6. The van der Waals surface area contributed by atoms with Crippen LogP contribution in [0.5, 0.6) is 0 Å². The minimum atomic E-state index is -0.339. The minimum absolute atomic E-state index is 0.0265. The zero-order valence-corrected chi connectivity index (χ0v) is 36.1. The first kappa shape index (κ1) is 50.1. The SMILES string of the molecule is CC/C=C\CC1C(O)CCC1CC(=O)OCCC(CCCCCCCC/C=C\C/C=C\CCCCC)OC(=O)C(CCCCCC)CCCCCCCC. The van der Waals surface area contributed by atoms with Crippen molar-refractivity contribution in [3.05, 3.63) is 36.5 Å². The van der Waals surface area contributed by atoms with Gasteiger partial charge in [-0.3, -0.25) is 9.59 Å². The first-order valence-corrected chi connectivity index (χ1v) is 23.5. The van der Waals surface area contributed by atoms with Crippen LogP contribution < -0.4 is 0 Å². The average Bonchev–Trinajstić information content (AvgIpc) is 3.51. The van der Waals surface area contributed by atoms with E-state index in [-0.39, 0.29) is 48.5 Å². The van der Waals surface area contributed by atoms with E-state index in [1.807, 2.05) is 0 Å². The van der Waals surface area contributed by atoms with Gasteiger partial charge in [0.1, 0.15) is 6.10 Å². The molecule has 0 bridgehead atoms. The molecule has 1 rings (SSSR count). The van der Waals surface area contributed by atoms with E-state index in [0.29, 0.717) is 12.8 Å². The lowest BCUT2D eigenvalue weighted by Gasteiger charge is -2.23. The number of unbranched alkanes of at least 4 members (excludes halogenated alkanes) is 17. The van der Waals surface area contributed by atoms with Crippen molar-refractivity contribution in [3.63, 3.8) is 0 Å². The van der Waals surface area contributed by atoms with Gasteiger partial charge in [0.2, 0.25) is 0 Å². The van der Waals surface area contributed by atoms with Crippen LogP contribution in [0.1, 0.15) is 227 Å². The largest absolute Gasteiger partial charge is 0.466 e. The molecular weight excluding hydrogens is 669 g/mol. The minimum Gasteiger partial charge on any atom is -0.466 e. The van der Waals surface area contributed by atoms with E-state index in [1.165, 1.54) is 103 Å². The van der Waals surface area contributed by atoms with E-state index in [4.69, 9.17) is 9.47 Å². The fraction of sp³-hybridized carbons (Fsp3) is 0.837. The highest BCUT2D eigenvalue weighted by Gasteiger charge is 2.35. The maximum absolute atomic E-state index is 13.7. The summed E-state index contributed by atoms with van der Waals surface area (Å²) < 4.78 is 12.1. The Morgan fingerprint density at radius 1 is 0.611 bits per heavy atom. The van der Waals surface area contributed by atoms with Crippen LogP contribution in [-0.2, 0) is 19.1 Å². The predicted octanol–water partition coefficient (Wildman–Crippen LogP) is 14.5. The molecule has 0 aromatic rings.